The van der Waals surface area contributed by atoms with Gasteiger partial charge in [-0.15, -0.1) is 12.4 Å². The van der Waals surface area contributed by atoms with Crippen molar-refractivity contribution in [3.63, 3.8) is 0 Å². The Hall–Kier alpha value is -1.63. The van der Waals surface area contributed by atoms with Crippen molar-refractivity contribution in [3.8, 4) is 11.5 Å². The zero-order valence-corrected chi connectivity index (χ0v) is 21.5. The average Bonchev–Trinajstić information content (AvgIpc) is 3.24. The Balaban J connectivity index is 0.00000408. The molecule has 0 saturated heterocycles. The zero-order valence-electron chi connectivity index (χ0n) is 20.7. The highest BCUT2D eigenvalue weighted by atomic mass is 35.5. The van der Waals surface area contributed by atoms with Gasteiger partial charge in [0, 0.05) is 12.6 Å². The molecule has 2 saturated carbocycles. The van der Waals surface area contributed by atoms with E-state index in [0.29, 0.717) is 12.1 Å². The van der Waals surface area contributed by atoms with Gasteiger partial charge in [0.1, 0.15) is 0 Å². The van der Waals surface area contributed by atoms with Crippen molar-refractivity contribution in [2.45, 2.75) is 103 Å². The van der Waals surface area contributed by atoms with Crippen molar-refractivity contribution in [3.05, 3.63) is 23.8 Å². The summed E-state index contributed by atoms with van der Waals surface area (Å²) in [7, 11) is 0. The predicted molar refractivity (Wildman–Crippen MR) is 135 cm³/mol. The van der Waals surface area contributed by atoms with Gasteiger partial charge in [0.2, 0.25) is 0 Å². The van der Waals surface area contributed by atoms with Crippen molar-refractivity contribution in [2.24, 2.45) is 11.8 Å². The van der Waals surface area contributed by atoms with E-state index in [0.717, 1.165) is 77.0 Å². The maximum atomic E-state index is 13.0. The zero-order chi connectivity index (χ0) is 23.6. The largest absolute Gasteiger partial charge is 0.422 e. The van der Waals surface area contributed by atoms with Crippen LogP contribution in [0.3, 0.4) is 0 Å². The van der Waals surface area contributed by atoms with E-state index in [4.69, 9.17) is 9.47 Å². The fourth-order valence-electron chi connectivity index (χ4n) is 4.77. The molecule has 6 nitrogen and oxygen atoms in total. The van der Waals surface area contributed by atoms with Crippen LogP contribution in [0.25, 0.3) is 0 Å². The standard InChI is InChI=1S/C27H41NO5.ClH/c1-19(2)28-18-23(29)22-15-16-24(32-26(30)20-11-7-3-4-8-12-20)25(17-22)33-27(31)21-13-9-5-6-10-14-21;/h15-17,19-21,23,28-29H,3-14,18H2,1-2H3;1H. The molecule has 0 heterocycles. The number of rotatable bonds is 8. The topological polar surface area (TPSA) is 84.9 Å². The highest BCUT2D eigenvalue weighted by molar-refractivity contribution is 5.85. The number of esters is 2. The van der Waals surface area contributed by atoms with Crippen LogP contribution in [0, 0.1) is 11.8 Å². The Morgan fingerprint density at radius 1 is 0.853 bits per heavy atom. The molecular formula is C27H42ClNO5. The third-order valence-electron chi connectivity index (χ3n) is 6.87. The number of aliphatic hydroxyl groups excluding tert-OH is 1. The smallest absolute Gasteiger partial charge is 0.314 e. The van der Waals surface area contributed by atoms with Gasteiger partial charge >= 0.3 is 11.9 Å². The molecule has 1 aromatic carbocycles. The maximum Gasteiger partial charge on any atom is 0.314 e. The van der Waals surface area contributed by atoms with Crippen molar-refractivity contribution >= 4 is 24.3 Å². The quantitative estimate of drug-likeness (QED) is 0.265. The summed E-state index contributed by atoms with van der Waals surface area (Å²) in [6.07, 6.45) is 11.3. The molecule has 192 valence electrons. The van der Waals surface area contributed by atoms with Crippen molar-refractivity contribution in [2.75, 3.05) is 6.54 Å². The second-order valence-corrected chi connectivity index (χ2v) is 10.0. The lowest BCUT2D eigenvalue weighted by molar-refractivity contribution is -0.142. The monoisotopic (exact) mass is 495 g/mol. The van der Waals surface area contributed by atoms with Gasteiger partial charge in [0.15, 0.2) is 11.5 Å². The van der Waals surface area contributed by atoms with Gasteiger partial charge in [-0.1, -0.05) is 71.3 Å². The fourth-order valence-corrected chi connectivity index (χ4v) is 4.77. The normalized spacial score (nSPS) is 18.9. The van der Waals surface area contributed by atoms with Crippen LogP contribution in [0.4, 0.5) is 0 Å². The molecular weight excluding hydrogens is 454 g/mol. The summed E-state index contributed by atoms with van der Waals surface area (Å²) >= 11 is 0. The molecule has 1 aromatic rings. The summed E-state index contributed by atoms with van der Waals surface area (Å²) < 4.78 is 11.6. The first-order chi connectivity index (χ1) is 15.9. The van der Waals surface area contributed by atoms with Gasteiger partial charge in [-0.2, -0.15) is 0 Å². The van der Waals surface area contributed by atoms with Gasteiger partial charge in [-0.05, 0) is 43.4 Å². The lowest BCUT2D eigenvalue weighted by Crippen LogP contribution is -2.28. The molecule has 3 rings (SSSR count). The molecule has 2 fully saturated rings. The number of hydrogen-bond acceptors (Lipinski definition) is 6. The number of ether oxygens (including phenoxy) is 2. The fraction of sp³-hybridized carbons (Fsp3) is 0.704. The molecule has 0 amide bonds. The molecule has 1 unspecified atom stereocenters. The van der Waals surface area contributed by atoms with Crippen LogP contribution < -0.4 is 14.8 Å². The second kappa shape index (κ2) is 14.7. The van der Waals surface area contributed by atoms with E-state index in [9.17, 15) is 14.7 Å². The maximum absolute atomic E-state index is 13.0. The van der Waals surface area contributed by atoms with Gasteiger partial charge in [0.25, 0.3) is 0 Å². The summed E-state index contributed by atoms with van der Waals surface area (Å²) in [4.78, 5) is 25.8. The molecule has 0 radical (unpaired) electrons. The van der Waals surface area contributed by atoms with Crippen LogP contribution in [0.2, 0.25) is 0 Å². The summed E-state index contributed by atoms with van der Waals surface area (Å²) in [5.74, 6) is -0.270. The first-order valence-corrected chi connectivity index (χ1v) is 12.9. The van der Waals surface area contributed by atoms with E-state index in [1.54, 1.807) is 18.2 Å². The van der Waals surface area contributed by atoms with E-state index >= 15 is 0 Å². The first kappa shape index (κ1) is 28.6. The van der Waals surface area contributed by atoms with Gasteiger partial charge < -0.3 is 19.9 Å². The van der Waals surface area contributed by atoms with E-state index in [-0.39, 0.29) is 53.7 Å². The molecule has 7 heteroatoms. The van der Waals surface area contributed by atoms with Crippen molar-refractivity contribution < 1.29 is 24.2 Å². The second-order valence-electron chi connectivity index (χ2n) is 10.0. The summed E-state index contributed by atoms with van der Waals surface area (Å²) in [6.45, 7) is 4.42. The Labute approximate surface area is 210 Å². The first-order valence-electron chi connectivity index (χ1n) is 12.9. The molecule has 0 aliphatic heterocycles. The molecule has 1 atom stereocenters. The summed E-state index contributed by atoms with van der Waals surface area (Å²) in [5.41, 5.74) is 0.626. The third-order valence-corrected chi connectivity index (χ3v) is 6.87. The summed E-state index contributed by atoms with van der Waals surface area (Å²) in [6, 6.07) is 5.28. The van der Waals surface area contributed by atoms with Crippen LogP contribution in [0.5, 0.6) is 11.5 Å². The van der Waals surface area contributed by atoms with Crippen LogP contribution in [-0.2, 0) is 9.59 Å². The average molecular weight is 496 g/mol. The highest BCUT2D eigenvalue weighted by Crippen LogP contribution is 2.34. The van der Waals surface area contributed by atoms with Crippen LogP contribution >= 0.6 is 12.4 Å². The molecule has 2 N–H and O–H groups in total. The van der Waals surface area contributed by atoms with E-state index in [2.05, 4.69) is 5.32 Å². The van der Waals surface area contributed by atoms with Gasteiger partial charge in [-0.3, -0.25) is 9.59 Å². The minimum Gasteiger partial charge on any atom is -0.422 e. The van der Waals surface area contributed by atoms with E-state index < -0.39 is 6.10 Å². The number of hydrogen-bond donors (Lipinski definition) is 2. The molecule has 0 aromatic heterocycles. The Bertz CT molecular complexity index is 768. The lowest BCUT2D eigenvalue weighted by atomic mass is 10.0. The number of aliphatic hydroxyl groups is 1. The van der Waals surface area contributed by atoms with Gasteiger partial charge in [0.05, 0.1) is 17.9 Å². The SMILES string of the molecule is CC(C)NCC(O)c1ccc(OC(=O)C2CCCCCC2)c(OC(=O)C2CCCCCC2)c1.Cl. The van der Waals surface area contributed by atoms with Crippen molar-refractivity contribution in [1.29, 1.82) is 0 Å². The number of nitrogens with one attached hydrogen (secondary N) is 1. The van der Waals surface area contributed by atoms with Crippen LogP contribution in [-0.4, -0.2) is 29.6 Å². The Morgan fingerprint density at radius 3 is 1.79 bits per heavy atom. The van der Waals surface area contributed by atoms with Crippen molar-refractivity contribution in [1.82, 2.24) is 5.32 Å². The number of carbonyl (C=O) groups is 2. The summed E-state index contributed by atoms with van der Waals surface area (Å²) in [5, 5.41) is 13.8. The Morgan fingerprint density at radius 2 is 1.32 bits per heavy atom. The highest BCUT2D eigenvalue weighted by Gasteiger charge is 2.27. The molecule has 0 spiro atoms. The van der Waals surface area contributed by atoms with E-state index in [1.165, 1.54) is 0 Å². The number of benzene rings is 1. The predicted octanol–water partition coefficient (Wildman–Crippen LogP) is 5.89. The molecule has 2 aliphatic rings. The molecule has 34 heavy (non-hydrogen) atoms. The minimum absolute atomic E-state index is 0. The van der Waals surface area contributed by atoms with Crippen LogP contribution in [0.15, 0.2) is 18.2 Å². The lowest BCUT2D eigenvalue weighted by Gasteiger charge is -2.19. The van der Waals surface area contributed by atoms with Gasteiger partial charge in [-0.25, -0.2) is 0 Å². The minimum atomic E-state index is -0.755. The molecule has 2 aliphatic carbocycles. The number of halogens is 1. The molecule has 0 bridgehead atoms. The number of carbonyl (C=O) groups excluding carboxylic acids is 2. The van der Waals surface area contributed by atoms with Crippen LogP contribution in [0.1, 0.15) is 103 Å². The van der Waals surface area contributed by atoms with E-state index in [1.807, 2.05) is 13.8 Å². The third kappa shape index (κ3) is 8.86. The Kier molecular flexibility index (Phi) is 12.4.